The Morgan fingerprint density at radius 3 is 2.25 bits per heavy atom. The van der Waals surface area contributed by atoms with Crippen molar-refractivity contribution in [1.82, 2.24) is 0 Å². The average Bonchev–Trinajstić information content (AvgIpc) is 2.68. The van der Waals surface area contributed by atoms with Gasteiger partial charge in [-0.3, -0.25) is 14.9 Å². The maximum absolute atomic E-state index is 13.1. The van der Waals surface area contributed by atoms with E-state index in [1.54, 1.807) is 18.2 Å². The fraction of sp³-hybridized carbons (Fsp3) is 0.0500. The molecule has 0 aromatic heterocycles. The van der Waals surface area contributed by atoms with Gasteiger partial charge in [0.1, 0.15) is 4.90 Å². The number of hydrogen-bond donors (Lipinski definition) is 1. The highest BCUT2D eigenvalue weighted by Gasteiger charge is 2.30. The summed E-state index contributed by atoms with van der Waals surface area (Å²) < 4.78 is 26.2. The van der Waals surface area contributed by atoms with Crippen molar-refractivity contribution in [2.45, 2.75) is 16.7 Å². The summed E-state index contributed by atoms with van der Waals surface area (Å²) in [6, 6.07) is 17.7. The van der Waals surface area contributed by atoms with Crippen molar-refractivity contribution in [1.29, 1.82) is 0 Å². The first-order valence-electron chi connectivity index (χ1n) is 8.26. The topological polar surface area (TPSA) is 106 Å². The predicted molar refractivity (Wildman–Crippen MR) is 104 cm³/mol. The molecule has 3 rings (SSSR count). The Labute approximate surface area is 161 Å². The van der Waals surface area contributed by atoms with Gasteiger partial charge >= 0.3 is 0 Å². The Balaban J connectivity index is 2.07. The van der Waals surface area contributed by atoms with Crippen LogP contribution in [0.3, 0.4) is 0 Å². The fourth-order valence-corrected chi connectivity index (χ4v) is 4.38. The molecule has 0 saturated heterocycles. The minimum atomic E-state index is -4.29. The van der Waals surface area contributed by atoms with Crippen LogP contribution in [-0.2, 0) is 9.84 Å². The van der Waals surface area contributed by atoms with Crippen LogP contribution in [0.15, 0.2) is 82.6 Å². The number of rotatable bonds is 5. The number of sulfone groups is 1. The number of amides is 1. The second-order valence-electron chi connectivity index (χ2n) is 6.05. The van der Waals surface area contributed by atoms with Crippen LogP contribution >= 0.6 is 0 Å². The Kier molecular flexibility index (Phi) is 5.23. The summed E-state index contributed by atoms with van der Waals surface area (Å²) in [7, 11) is -4.29. The van der Waals surface area contributed by atoms with E-state index in [1.807, 2.05) is 13.0 Å². The zero-order chi connectivity index (χ0) is 20.3. The molecule has 0 atom stereocenters. The summed E-state index contributed by atoms with van der Waals surface area (Å²) >= 11 is 0. The van der Waals surface area contributed by atoms with E-state index in [2.05, 4.69) is 5.32 Å². The van der Waals surface area contributed by atoms with Crippen molar-refractivity contribution < 1.29 is 18.1 Å². The summed E-state index contributed by atoms with van der Waals surface area (Å²) in [5.74, 6) is -0.622. The van der Waals surface area contributed by atoms with E-state index >= 15 is 0 Å². The molecule has 0 aliphatic rings. The van der Waals surface area contributed by atoms with Gasteiger partial charge in [-0.1, -0.05) is 36.4 Å². The van der Waals surface area contributed by atoms with Crippen molar-refractivity contribution in [2.24, 2.45) is 0 Å². The minimum absolute atomic E-state index is 0.0952. The molecule has 0 spiro atoms. The highest BCUT2D eigenvalue weighted by atomic mass is 32.2. The number of para-hydroxylation sites is 1. The summed E-state index contributed by atoms with van der Waals surface area (Å²) in [5.41, 5.74) is 0.806. The van der Waals surface area contributed by atoms with E-state index in [4.69, 9.17) is 0 Å². The first-order chi connectivity index (χ1) is 13.3. The summed E-state index contributed by atoms with van der Waals surface area (Å²) in [6.07, 6.45) is 0. The molecule has 142 valence electrons. The fourth-order valence-electron chi connectivity index (χ4n) is 2.76. The Morgan fingerprint density at radius 2 is 1.57 bits per heavy atom. The van der Waals surface area contributed by atoms with E-state index in [-0.39, 0.29) is 10.5 Å². The normalized spacial score (nSPS) is 11.0. The number of nitro benzene ring substituents is 1. The largest absolute Gasteiger partial charge is 0.322 e. The van der Waals surface area contributed by atoms with E-state index in [0.717, 1.165) is 17.7 Å². The van der Waals surface area contributed by atoms with Gasteiger partial charge in [-0.25, -0.2) is 8.42 Å². The van der Waals surface area contributed by atoms with Crippen LogP contribution in [-0.4, -0.2) is 19.2 Å². The SMILES string of the molecule is Cc1cccc(NC(=O)c2ccccc2S(=O)(=O)c2ccccc2[N+](=O)[O-])c1. The third kappa shape index (κ3) is 3.77. The highest BCUT2D eigenvalue weighted by Crippen LogP contribution is 2.31. The number of nitro groups is 1. The minimum Gasteiger partial charge on any atom is -0.322 e. The monoisotopic (exact) mass is 396 g/mol. The molecule has 1 N–H and O–H groups in total. The van der Waals surface area contributed by atoms with Gasteiger partial charge in [-0.15, -0.1) is 0 Å². The summed E-state index contributed by atoms with van der Waals surface area (Å²) in [5, 5.41) is 13.9. The summed E-state index contributed by atoms with van der Waals surface area (Å²) in [6.45, 7) is 1.86. The van der Waals surface area contributed by atoms with Crippen molar-refractivity contribution in [3.63, 3.8) is 0 Å². The van der Waals surface area contributed by atoms with Gasteiger partial charge in [-0.2, -0.15) is 0 Å². The molecule has 7 nitrogen and oxygen atoms in total. The van der Waals surface area contributed by atoms with Gasteiger partial charge in [0, 0.05) is 11.8 Å². The number of aryl methyl sites for hydroxylation is 1. The maximum Gasteiger partial charge on any atom is 0.288 e. The first kappa shape index (κ1) is 19.2. The average molecular weight is 396 g/mol. The van der Waals surface area contributed by atoms with Crippen LogP contribution in [0.2, 0.25) is 0 Å². The molecule has 3 aromatic rings. The molecule has 8 heteroatoms. The van der Waals surface area contributed by atoms with Crippen LogP contribution in [0.1, 0.15) is 15.9 Å². The molecule has 0 aliphatic carbocycles. The summed E-state index contributed by atoms with van der Waals surface area (Å²) in [4.78, 5) is 22.5. The molecule has 0 radical (unpaired) electrons. The lowest BCUT2D eigenvalue weighted by Gasteiger charge is -2.11. The molecule has 3 aromatic carbocycles. The van der Waals surface area contributed by atoms with E-state index in [9.17, 15) is 23.3 Å². The number of nitrogens with one attached hydrogen (secondary N) is 1. The van der Waals surface area contributed by atoms with Gasteiger partial charge < -0.3 is 5.32 Å². The molecular formula is C20H16N2O5S. The number of carbonyl (C=O) groups excluding carboxylic acids is 1. The zero-order valence-electron chi connectivity index (χ0n) is 14.8. The van der Waals surface area contributed by atoms with E-state index in [0.29, 0.717) is 5.69 Å². The molecule has 0 heterocycles. The smallest absolute Gasteiger partial charge is 0.288 e. The number of nitrogens with zero attached hydrogens (tertiary/aromatic N) is 1. The molecule has 0 aliphatic heterocycles. The second-order valence-corrected chi connectivity index (χ2v) is 7.93. The predicted octanol–water partition coefficient (Wildman–Crippen LogP) is 3.99. The maximum atomic E-state index is 13.1. The van der Waals surface area contributed by atoms with Gasteiger partial charge in [0.15, 0.2) is 0 Å². The van der Waals surface area contributed by atoms with Gasteiger partial charge in [-0.05, 0) is 42.8 Å². The molecular weight excluding hydrogens is 380 g/mol. The lowest BCUT2D eigenvalue weighted by Crippen LogP contribution is -2.17. The third-order valence-corrected chi connectivity index (χ3v) is 5.91. The highest BCUT2D eigenvalue weighted by molar-refractivity contribution is 7.91. The van der Waals surface area contributed by atoms with Gasteiger partial charge in [0.05, 0.1) is 15.4 Å². The number of carbonyl (C=O) groups is 1. The Hall–Kier alpha value is -3.52. The van der Waals surface area contributed by atoms with Crippen molar-refractivity contribution in [2.75, 3.05) is 5.32 Å². The van der Waals surface area contributed by atoms with E-state index < -0.39 is 31.3 Å². The molecule has 0 saturated carbocycles. The molecule has 0 fully saturated rings. The number of benzene rings is 3. The van der Waals surface area contributed by atoms with Crippen molar-refractivity contribution in [3.8, 4) is 0 Å². The quantitative estimate of drug-likeness (QED) is 0.518. The Morgan fingerprint density at radius 1 is 0.929 bits per heavy atom. The zero-order valence-corrected chi connectivity index (χ0v) is 15.6. The first-order valence-corrected chi connectivity index (χ1v) is 9.74. The van der Waals surface area contributed by atoms with E-state index in [1.165, 1.54) is 36.4 Å². The van der Waals surface area contributed by atoms with Crippen LogP contribution < -0.4 is 5.32 Å². The van der Waals surface area contributed by atoms with Gasteiger partial charge in [0.2, 0.25) is 9.84 Å². The number of hydrogen-bond acceptors (Lipinski definition) is 5. The molecule has 28 heavy (non-hydrogen) atoms. The molecule has 0 unspecified atom stereocenters. The molecule has 0 bridgehead atoms. The third-order valence-electron chi connectivity index (χ3n) is 4.05. The van der Waals surface area contributed by atoms with Crippen LogP contribution in [0.25, 0.3) is 0 Å². The van der Waals surface area contributed by atoms with Crippen LogP contribution in [0, 0.1) is 17.0 Å². The lowest BCUT2D eigenvalue weighted by atomic mass is 10.2. The standard InChI is InChI=1S/C20H16N2O5S/c1-14-7-6-8-15(13-14)21-20(23)16-9-2-4-11-18(16)28(26,27)19-12-5-3-10-17(19)22(24)25/h2-13H,1H3,(H,21,23). The molecule has 1 amide bonds. The lowest BCUT2D eigenvalue weighted by molar-refractivity contribution is -0.387. The van der Waals surface area contributed by atoms with Crippen LogP contribution in [0.4, 0.5) is 11.4 Å². The number of anilines is 1. The van der Waals surface area contributed by atoms with Crippen LogP contribution in [0.5, 0.6) is 0 Å². The van der Waals surface area contributed by atoms with Gasteiger partial charge in [0.25, 0.3) is 11.6 Å². The Bertz CT molecular complexity index is 1170. The van der Waals surface area contributed by atoms with Crippen molar-refractivity contribution in [3.05, 3.63) is 94.0 Å². The second kappa shape index (κ2) is 7.61. The van der Waals surface area contributed by atoms with Crippen molar-refractivity contribution >= 4 is 27.1 Å².